The summed E-state index contributed by atoms with van der Waals surface area (Å²) in [7, 11) is 0. The van der Waals surface area contributed by atoms with Crippen molar-refractivity contribution >= 4 is 11.8 Å². The first kappa shape index (κ1) is 27.6. The Bertz CT molecular complexity index is 1430. The predicted octanol–water partition coefficient (Wildman–Crippen LogP) is 5.19. The lowest BCUT2D eigenvalue weighted by atomic mass is 9.76. The van der Waals surface area contributed by atoms with Gasteiger partial charge >= 0.3 is 0 Å². The van der Waals surface area contributed by atoms with Crippen LogP contribution in [0.5, 0.6) is 0 Å². The van der Waals surface area contributed by atoms with Crippen molar-refractivity contribution in [2.45, 2.75) is 72.0 Å². The Kier molecular flexibility index (Phi) is 8.04. The van der Waals surface area contributed by atoms with Crippen molar-refractivity contribution in [1.29, 1.82) is 5.26 Å². The van der Waals surface area contributed by atoms with Crippen LogP contribution in [0.15, 0.2) is 42.5 Å². The molecule has 0 radical (unpaired) electrons. The number of nitriles is 1. The first-order chi connectivity index (χ1) is 19.3. The Morgan fingerprint density at radius 3 is 2.65 bits per heavy atom. The number of ether oxygens (including phenoxy) is 1. The Balaban J connectivity index is 0.00000103. The second-order valence-corrected chi connectivity index (χ2v) is 11.7. The van der Waals surface area contributed by atoms with E-state index in [1.54, 1.807) is 6.07 Å². The second kappa shape index (κ2) is 11.6. The first-order valence-corrected chi connectivity index (χ1v) is 14.0. The average molecular weight is 540 g/mol. The number of hydrogen-bond donors (Lipinski definition) is 2. The van der Waals surface area contributed by atoms with Crippen molar-refractivity contribution in [3.63, 3.8) is 0 Å². The molecule has 2 aliphatic heterocycles. The summed E-state index contributed by atoms with van der Waals surface area (Å²) in [5.74, 6) is -0.00607. The van der Waals surface area contributed by atoms with Gasteiger partial charge in [0.05, 0.1) is 11.8 Å². The van der Waals surface area contributed by atoms with Crippen LogP contribution in [0.4, 0.5) is 0 Å². The molecule has 2 N–H and O–H groups in total. The molecule has 2 amide bonds. The fraction of sp³-hybridized carbons (Fsp3) is 0.438. The number of aromatic amines is 1. The molecule has 2 aromatic carbocycles. The van der Waals surface area contributed by atoms with Crippen molar-refractivity contribution < 1.29 is 14.3 Å². The number of nitrogens with one attached hydrogen (secondary N) is 2. The number of rotatable bonds is 5. The Labute approximate surface area is 235 Å². The SMILES string of the molecule is CC#N.CC1(C)CCc2c(-c3ccc4c(c3)CN(Cc3ccc(C(=O)NC5CCOCC5)cc3)C4=O)n[nH]c2C1. The number of amides is 2. The van der Waals surface area contributed by atoms with Gasteiger partial charge in [0.15, 0.2) is 0 Å². The van der Waals surface area contributed by atoms with E-state index in [0.29, 0.717) is 37.3 Å². The van der Waals surface area contributed by atoms with E-state index in [1.165, 1.54) is 18.2 Å². The smallest absolute Gasteiger partial charge is 0.254 e. The molecule has 8 heteroatoms. The number of carbonyl (C=O) groups is 2. The highest BCUT2D eigenvalue weighted by molar-refractivity contribution is 5.99. The van der Waals surface area contributed by atoms with Crippen LogP contribution in [0.25, 0.3) is 11.3 Å². The number of aromatic nitrogens is 2. The summed E-state index contributed by atoms with van der Waals surface area (Å²) in [6, 6.07) is 15.6. The van der Waals surface area contributed by atoms with Gasteiger partial charge in [0.1, 0.15) is 0 Å². The van der Waals surface area contributed by atoms with Gasteiger partial charge in [-0.3, -0.25) is 14.7 Å². The van der Waals surface area contributed by atoms with Crippen LogP contribution in [0.2, 0.25) is 0 Å². The van der Waals surface area contributed by atoms with E-state index in [4.69, 9.17) is 10.00 Å². The molecule has 8 nitrogen and oxygen atoms in total. The number of benzene rings is 2. The van der Waals surface area contributed by atoms with Crippen LogP contribution < -0.4 is 5.32 Å². The molecular formula is C32H37N5O3. The molecule has 0 bridgehead atoms. The van der Waals surface area contributed by atoms with Crippen LogP contribution in [-0.2, 0) is 30.7 Å². The molecule has 0 unspecified atom stereocenters. The summed E-state index contributed by atoms with van der Waals surface area (Å²) in [6.45, 7) is 8.52. The van der Waals surface area contributed by atoms with E-state index in [9.17, 15) is 9.59 Å². The summed E-state index contributed by atoms with van der Waals surface area (Å²) in [6.07, 6.45) is 4.90. The molecule has 3 aromatic rings. The summed E-state index contributed by atoms with van der Waals surface area (Å²) in [5, 5.41) is 18.3. The van der Waals surface area contributed by atoms with Gasteiger partial charge < -0.3 is 15.0 Å². The van der Waals surface area contributed by atoms with Gasteiger partial charge in [-0.15, -0.1) is 0 Å². The molecule has 0 spiro atoms. The minimum Gasteiger partial charge on any atom is -0.381 e. The maximum Gasteiger partial charge on any atom is 0.254 e. The third-order valence-corrected chi connectivity index (χ3v) is 8.06. The number of nitrogens with zero attached hydrogens (tertiary/aromatic N) is 3. The van der Waals surface area contributed by atoms with Gasteiger partial charge in [-0.25, -0.2) is 0 Å². The Morgan fingerprint density at radius 2 is 1.93 bits per heavy atom. The summed E-state index contributed by atoms with van der Waals surface area (Å²) in [4.78, 5) is 27.6. The maximum absolute atomic E-state index is 13.1. The van der Waals surface area contributed by atoms with Crippen LogP contribution >= 0.6 is 0 Å². The Morgan fingerprint density at radius 1 is 1.20 bits per heavy atom. The average Bonchev–Trinajstić information content (AvgIpc) is 3.49. The molecule has 0 saturated carbocycles. The number of fused-ring (bicyclic) bond motifs is 2. The molecule has 208 valence electrons. The van der Waals surface area contributed by atoms with Gasteiger partial charge in [0.2, 0.25) is 0 Å². The second-order valence-electron chi connectivity index (χ2n) is 11.7. The standard InChI is InChI=1S/C30H34N4O3.C2H3N/c1-30(2)12-9-25-26(16-30)32-33-27(25)21-7-8-24-22(15-21)18-34(29(24)36)17-19-3-5-20(6-4-19)28(35)31-23-10-13-37-14-11-23;1-2-3/h3-8,15,23H,9-14,16-18H2,1-2H3,(H,31,35)(H,32,33);1H3. The molecule has 3 heterocycles. The minimum atomic E-state index is -0.0558. The fourth-order valence-corrected chi connectivity index (χ4v) is 5.83. The largest absolute Gasteiger partial charge is 0.381 e. The highest BCUT2D eigenvalue weighted by atomic mass is 16.5. The van der Waals surface area contributed by atoms with Gasteiger partial charge in [-0.2, -0.15) is 10.4 Å². The predicted molar refractivity (Wildman–Crippen MR) is 152 cm³/mol. The molecule has 1 fully saturated rings. The zero-order chi connectivity index (χ0) is 28.3. The topological polar surface area (TPSA) is 111 Å². The molecule has 1 saturated heterocycles. The monoisotopic (exact) mass is 539 g/mol. The third kappa shape index (κ3) is 5.95. The summed E-state index contributed by atoms with van der Waals surface area (Å²) in [5.41, 5.74) is 8.42. The highest BCUT2D eigenvalue weighted by Crippen LogP contribution is 2.38. The third-order valence-electron chi connectivity index (χ3n) is 8.06. The number of H-pyrrole nitrogens is 1. The first-order valence-electron chi connectivity index (χ1n) is 14.0. The van der Waals surface area contributed by atoms with Gasteiger partial charge in [0, 0.05) is 67.2 Å². The Hall–Kier alpha value is -3.96. The highest BCUT2D eigenvalue weighted by Gasteiger charge is 2.31. The molecule has 1 aromatic heterocycles. The van der Waals surface area contributed by atoms with Crippen molar-refractivity contribution in [1.82, 2.24) is 20.4 Å². The van der Waals surface area contributed by atoms with Crippen LogP contribution in [0, 0.1) is 16.7 Å². The fourth-order valence-electron chi connectivity index (χ4n) is 5.83. The summed E-state index contributed by atoms with van der Waals surface area (Å²) < 4.78 is 5.36. The van der Waals surface area contributed by atoms with E-state index < -0.39 is 0 Å². The van der Waals surface area contributed by atoms with Gasteiger partial charge in [-0.05, 0) is 72.9 Å². The van der Waals surface area contributed by atoms with E-state index >= 15 is 0 Å². The van der Waals surface area contributed by atoms with Crippen molar-refractivity contribution in [2.24, 2.45) is 5.41 Å². The molecule has 1 aliphatic carbocycles. The maximum atomic E-state index is 13.1. The van der Waals surface area contributed by atoms with Crippen LogP contribution in [-0.4, -0.2) is 46.2 Å². The van der Waals surface area contributed by atoms with Gasteiger partial charge in [0.25, 0.3) is 11.8 Å². The minimum absolute atomic E-state index is 0.0497. The normalized spacial score (nSPS) is 17.8. The van der Waals surface area contributed by atoms with Crippen LogP contribution in [0.3, 0.4) is 0 Å². The van der Waals surface area contributed by atoms with E-state index in [-0.39, 0.29) is 17.9 Å². The van der Waals surface area contributed by atoms with E-state index in [1.807, 2.05) is 41.3 Å². The molecule has 3 aliphatic rings. The molecule has 6 rings (SSSR count). The summed E-state index contributed by atoms with van der Waals surface area (Å²) >= 11 is 0. The lowest BCUT2D eigenvalue weighted by molar-refractivity contribution is 0.0695. The number of carbonyl (C=O) groups excluding carboxylic acids is 2. The molecular weight excluding hydrogens is 502 g/mol. The van der Waals surface area contributed by atoms with Crippen LogP contribution in [0.1, 0.15) is 83.1 Å². The van der Waals surface area contributed by atoms with Gasteiger partial charge in [-0.1, -0.05) is 32.0 Å². The van der Waals surface area contributed by atoms with Crippen molar-refractivity contribution in [2.75, 3.05) is 13.2 Å². The van der Waals surface area contributed by atoms with E-state index in [2.05, 4.69) is 35.4 Å². The van der Waals surface area contributed by atoms with Crippen molar-refractivity contribution in [3.8, 4) is 17.3 Å². The zero-order valence-corrected chi connectivity index (χ0v) is 23.5. The number of hydrogen-bond acceptors (Lipinski definition) is 5. The van der Waals surface area contributed by atoms with Crippen molar-refractivity contribution in [3.05, 3.63) is 76.0 Å². The molecule has 0 atom stereocenters. The quantitative estimate of drug-likeness (QED) is 0.464. The zero-order valence-electron chi connectivity index (χ0n) is 23.5. The van der Waals surface area contributed by atoms with E-state index in [0.717, 1.165) is 60.1 Å². The molecule has 40 heavy (non-hydrogen) atoms. The lowest BCUT2D eigenvalue weighted by Crippen LogP contribution is -2.38. The lowest BCUT2D eigenvalue weighted by Gasteiger charge is -2.29.